The van der Waals surface area contributed by atoms with Crippen molar-refractivity contribution in [3.63, 3.8) is 0 Å². The Balaban J connectivity index is 1.67. The van der Waals surface area contributed by atoms with Crippen LogP contribution < -0.4 is 10.1 Å². The van der Waals surface area contributed by atoms with E-state index in [1.165, 1.54) is 0 Å². The number of nitrogens with one attached hydrogen (secondary N) is 1. The zero-order valence-electron chi connectivity index (χ0n) is 14.4. The molecule has 1 aromatic carbocycles. The molecule has 24 heavy (non-hydrogen) atoms. The van der Waals surface area contributed by atoms with Crippen molar-refractivity contribution in [2.75, 3.05) is 39.4 Å². The number of aldehydes is 1. The summed E-state index contributed by atoms with van der Waals surface area (Å²) in [6.07, 6.45) is 0.789. The third-order valence-corrected chi connectivity index (χ3v) is 3.76. The summed E-state index contributed by atoms with van der Waals surface area (Å²) in [4.78, 5) is 24.8. The molecule has 1 amide bonds. The Labute approximate surface area is 143 Å². The van der Waals surface area contributed by atoms with Crippen molar-refractivity contribution in [3.8, 4) is 5.75 Å². The van der Waals surface area contributed by atoms with Crippen LogP contribution in [0.3, 0.4) is 0 Å². The van der Waals surface area contributed by atoms with E-state index >= 15 is 0 Å². The third-order valence-electron chi connectivity index (χ3n) is 3.76. The van der Waals surface area contributed by atoms with Crippen molar-refractivity contribution in [1.29, 1.82) is 0 Å². The molecule has 0 radical (unpaired) electrons. The minimum Gasteiger partial charge on any atom is -0.484 e. The van der Waals surface area contributed by atoms with Gasteiger partial charge in [0, 0.05) is 31.7 Å². The Bertz CT molecular complexity index is 530. The molecule has 6 heteroatoms. The van der Waals surface area contributed by atoms with Crippen LogP contribution in [0.4, 0.5) is 0 Å². The summed E-state index contributed by atoms with van der Waals surface area (Å²) in [6.45, 7) is 8.37. The van der Waals surface area contributed by atoms with Gasteiger partial charge in [0.05, 0.1) is 12.7 Å². The van der Waals surface area contributed by atoms with E-state index in [0.29, 0.717) is 30.4 Å². The molecule has 1 unspecified atom stereocenters. The monoisotopic (exact) mass is 334 g/mol. The van der Waals surface area contributed by atoms with Gasteiger partial charge in [0.1, 0.15) is 12.0 Å². The predicted molar refractivity (Wildman–Crippen MR) is 91.4 cm³/mol. The second-order valence-corrected chi connectivity index (χ2v) is 6.43. The normalized spacial score (nSPS) is 18.4. The molecule has 1 aromatic rings. The molecule has 1 N–H and O–H groups in total. The molecular weight excluding hydrogens is 308 g/mol. The lowest BCUT2D eigenvalue weighted by Gasteiger charge is -2.33. The maximum absolute atomic E-state index is 11.9. The molecule has 132 valence electrons. The number of carbonyl (C=O) groups excluding carboxylic acids is 2. The van der Waals surface area contributed by atoms with Crippen molar-refractivity contribution >= 4 is 12.2 Å². The van der Waals surface area contributed by atoms with Crippen LogP contribution in [-0.2, 0) is 9.53 Å². The topological polar surface area (TPSA) is 67.9 Å². The number of nitrogens with zero attached hydrogens (tertiary/aromatic N) is 1. The maximum atomic E-state index is 11.9. The fourth-order valence-corrected chi connectivity index (χ4v) is 2.66. The van der Waals surface area contributed by atoms with Gasteiger partial charge in [0.25, 0.3) is 5.91 Å². The van der Waals surface area contributed by atoms with Gasteiger partial charge in [-0.2, -0.15) is 0 Å². The molecule has 1 aliphatic rings. The average Bonchev–Trinajstić information content (AvgIpc) is 2.58. The van der Waals surface area contributed by atoms with Gasteiger partial charge < -0.3 is 14.8 Å². The second kappa shape index (κ2) is 9.39. The quantitative estimate of drug-likeness (QED) is 0.727. The van der Waals surface area contributed by atoms with E-state index in [0.717, 1.165) is 25.9 Å². The number of benzene rings is 1. The molecule has 0 saturated carbocycles. The molecule has 1 heterocycles. The second-order valence-electron chi connectivity index (χ2n) is 6.43. The molecule has 1 fully saturated rings. The number of hydrogen-bond acceptors (Lipinski definition) is 5. The Morgan fingerprint density at radius 3 is 2.83 bits per heavy atom. The molecule has 6 nitrogen and oxygen atoms in total. The average molecular weight is 334 g/mol. The van der Waals surface area contributed by atoms with Gasteiger partial charge in [-0.1, -0.05) is 13.8 Å². The summed E-state index contributed by atoms with van der Waals surface area (Å²) in [7, 11) is 0. The first kappa shape index (κ1) is 18.4. The number of carbonyl (C=O) groups is 2. The SMILES string of the molecule is CC(C)CN1CCOC(CNC(=O)COc2ccc(C=O)cc2)C1. The highest BCUT2D eigenvalue weighted by Crippen LogP contribution is 2.11. The lowest BCUT2D eigenvalue weighted by Crippen LogP contribution is -2.48. The first-order valence-corrected chi connectivity index (χ1v) is 8.35. The van der Waals surface area contributed by atoms with Crippen molar-refractivity contribution in [2.24, 2.45) is 5.92 Å². The number of rotatable bonds is 8. The zero-order valence-corrected chi connectivity index (χ0v) is 14.4. The zero-order chi connectivity index (χ0) is 17.4. The van der Waals surface area contributed by atoms with E-state index in [-0.39, 0.29) is 18.6 Å². The van der Waals surface area contributed by atoms with Gasteiger partial charge in [0.2, 0.25) is 0 Å². The van der Waals surface area contributed by atoms with E-state index in [1.54, 1.807) is 24.3 Å². The smallest absolute Gasteiger partial charge is 0.258 e. The number of hydrogen-bond donors (Lipinski definition) is 1. The van der Waals surface area contributed by atoms with Crippen LogP contribution in [0.1, 0.15) is 24.2 Å². The Morgan fingerprint density at radius 2 is 2.17 bits per heavy atom. The Kier molecular flexibility index (Phi) is 7.21. The summed E-state index contributed by atoms with van der Waals surface area (Å²) in [5.41, 5.74) is 0.576. The highest BCUT2D eigenvalue weighted by molar-refractivity contribution is 5.77. The van der Waals surface area contributed by atoms with E-state index in [2.05, 4.69) is 24.1 Å². The van der Waals surface area contributed by atoms with Crippen LogP contribution >= 0.6 is 0 Å². The molecule has 1 aliphatic heterocycles. The van der Waals surface area contributed by atoms with E-state index in [9.17, 15) is 9.59 Å². The van der Waals surface area contributed by atoms with Crippen molar-refractivity contribution < 1.29 is 19.1 Å². The van der Waals surface area contributed by atoms with Crippen molar-refractivity contribution in [2.45, 2.75) is 20.0 Å². The number of morpholine rings is 1. The van der Waals surface area contributed by atoms with Gasteiger partial charge in [0.15, 0.2) is 6.61 Å². The van der Waals surface area contributed by atoms with Crippen LogP contribution in [-0.4, -0.2) is 62.6 Å². The summed E-state index contributed by atoms with van der Waals surface area (Å²) in [5.74, 6) is 1.00. The maximum Gasteiger partial charge on any atom is 0.258 e. The minimum absolute atomic E-state index is 0.0216. The minimum atomic E-state index is -0.181. The first-order valence-electron chi connectivity index (χ1n) is 8.35. The van der Waals surface area contributed by atoms with Crippen molar-refractivity contribution in [3.05, 3.63) is 29.8 Å². The van der Waals surface area contributed by atoms with Gasteiger partial charge >= 0.3 is 0 Å². The fourth-order valence-electron chi connectivity index (χ4n) is 2.66. The van der Waals surface area contributed by atoms with Gasteiger partial charge in [-0.3, -0.25) is 14.5 Å². The molecular formula is C18H26N2O4. The highest BCUT2D eigenvalue weighted by atomic mass is 16.5. The standard InChI is InChI=1S/C18H26N2O4/c1-14(2)10-20-7-8-23-17(11-20)9-19-18(22)13-24-16-5-3-15(12-21)4-6-16/h3-6,12,14,17H,7-11,13H2,1-2H3,(H,19,22). The van der Waals surface area contributed by atoms with Crippen LogP contribution in [0.15, 0.2) is 24.3 Å². The lowest BCUT2D eigenvalue weighted by molar-refractivity contribution is -0.124. The molecule has 2 rings (SSSR count). The largest absolute Gasteiger partial charge is 0.484 e. The third kappa shape index (κ3) is 6.29. The van der Waals surface area contributed by atoms with Crippen LogP contribution in [0.5, 0.6) is 5.75 Å². The number of ether oxygens (including phenoxy) is 2. The van der Waals surface area contributed by atoms with Crippen LogP contribution in [0.2, 0.25) is 0 Å². The molecule has 0 spiro atoms. The first-order chi connectivity index (χ1) is 11.6. The van der Waals surface area contributed by atoms with Crippen LogP contribution in [0.25, 0.3) is 0 Å². The van der Waals surface area contributed by atoms with Gasteiger partial charge in [-0.05, 0) is 30.2 Å². The Hall–Kier alpha value is -1.92. The summed E-state index contributed by atoms with van der Waals surface area (Å²) < 4.78 is 11.1. The van der Waals surface area contributed by atoms with Crippen LogP contribution in [0, 0.1) is 5.92 Å². The molecule has 0 aliphatic carbocycles. The van der Waals surface area contributed by atoms with Gasteiger partial charge in [-0.15, -0.1) is 0 Å². The molecule has 0 bridgehead atoms. The fraction of sp³-hybridized carbons (Fsp3) is 0.556. The molecule has 0 aromatic heterocycles. The van der Waals surface area contributed by atoms with E-state index in [4.69, 9.17) is 9.47 Å². The summed E-state index contributed by atoms with van der Waals surface area (Å²) >= 11 is 0. The van der Waals surface area contributed by atoms with Crippen molar-refractivity contribution in [1.82, 2.24) is 10.2 Å². The predicted octanol–water partition coefficient (Wildman–Crippen LogP) is 1.35. The highest BCUT2D eigenvalue weighted by Gasteiger charge is 2.21. The molecule has 1 atom stereocenters. The number of amides is 1. The van der Waals surface area contributed by atoms with E-state index in [1.807, 2.05) is 0 Å². The van der Waals surface area contributed by atoms with Gasteiger partial charge in [-0.25, -0.2) is 0 Å². The summed E-state index contributed by atoms with van der Waals surface area (Å²) in [6, 6.07) is 6.65. The molecule has 1 saturated heterocycles. The Morgan fingerprint density at radius 1 is 1.42 bits per heavy atom. The lowest BCUT2D eigenvalue weighted by atomic mass is 10.2. The summed E-state index contributed by atoms with van der Waals surface area (Å²) in [5, 5.41) is 2.85. The van der Waals surface area contributed by atoms with E-state index < -0.39 is 0 Å².